The Labute approximate surface area is 219 Å². The molecule has 1 aliphatic carbocycles. The van der Waals surface area contributed by atoms with Crippen LogP contribution in [-0.2, 0) is 14.2 Å². The van der Waals surface area contributed by atoms with Gasteiger partial charge >= 0.3 is 0 Å². The number of nitrogens with two attached hydrogens (primary N) is 3. The van der Waals surface area contributed by atoms with Crippen molar-refractivity contribution in [1.29, 1.82) is 0 Å². The van der Waals surface area contributed by atoms with E-state index in [4.69, 9.17) is 31.4 Å². The standard InChI is InChI=1S/C24H48N6O7/c1-4-29-10-13-5-6-14(26)20(36-13)17-15(27)7-16(30-9-12(31)8-25)21(18(17)32)37-23-19(33)22(28-3)24(2,34)11-35-23/h5,12,14-23,28-34H,4,6-11,25-27H2,1-3H3/t12?,14-,15+,16-,17?,18+,19-,20+,21+,22-,23-,24+/m1/s1. The van der Waals surface area contributed by atoms with E-state index >= 15 is 0 Å². The molecule has 2 heterocycles. The van der Waals surface area contributed by atoms with Crippen molar-refractivity contribution in [2.45, 2.75) is 93.3 Å². The van der Waals surface area contributed by atoms with Crippen molar-refractivity contribution in [1.82, 2.24) is 16.0 Å². The molecule has 0 radical (unpaired) electrons. The van der Waals surface area contributed by atoms with E-state index in [9.17, 15) is 20.4 Å². The van der Waals surface area contributed by atoms with Crippen LogP contribution in [0.15, 0.2) is 11.8 Å². The predicted molar refractivity (Wildman–Crippen MR) is 137 cm³/mol. The summed E-state index contributed by atoms with van der Waals surface area (Å²) < 4.78 is 18.2. The smallest absolute Gasteiger partial charge is 0.185 e. The van der Waals surface area contributed by atoms with Crippen LogP contribution in [0.4, 0.5) is 0 Å². The lowest BCUT2D eigenvalue weighted by Crippen LogP contribution is -2.69. The number of hydrogen-bond acceptors (Lipinski definition) is 13. The van der Waals surface area contributed by atoms with Crippen molar-refractivity contribution < 1.29 is 34.6 Å². The molecule has 13 N–H and O–H groups in total. The molecule has 37 heavy (non-hydrogen) atoms. The largest absolute Gasteiger partial charge is 0.492 e. The molecule has 0 spiro atoms. The first-order valence-corrected chi connectivity index (χ1v) is 13.3. The van der Waals surface area contributed by atoms with Crippen LogP contribution in [0.5, 0.6) is 0 Å². The van der Waals surface area contributed by atoms with Gasteiger partial charge in [0, 0.05) is 37.1 Å². The summed E-state index contributed by atoms with van der Waals surface area (Å²) in [6.45, 7) is 5.06. The van der Waals surface area contributed by atoms with Crippen LogP contribution in [0.25, 0.3) is 0 Å². The number of aliphatic hydroxyl groups excluding tert-OH is 3. The van der Waals surface area contributed by atoms with Gasteiger partial charge in [-0.3, -0.25) is 0 Å². The molecule has 0 aromatic carbocycles. The van der Waals surface area contributed by atoms with Crippen molar-refractivity contribution in [2.24, 2.45) is 23.1 Å². The molecule has 12 atom stereocenters. The molecule has 3 rings (SSSR count). The summed E-state index contributed by atoms with van der Waals surface area (Å²) in [6.07, 6.45) is -2.76. The van der Waals surface area contributed by atoms with E-state index in [2.05, 4.69) is 16.0 Å². The van der Waals surface area contributed by atoms with E-state index in [1.165, 1.54) is 0 Å². The number of rotatable bonds is 11. The maximum atomic E-state index is 11.7. The fraction of sp³-hybridized carbons (Fsp3) is 0.917. The highest BCUT2D eigenvalue weighted by Gasteiger charge is 2.53. The zero-order chi connectivity index (χ0) is 27.3. The molecule has 0 bridgehead atoms. The number of nitrogens with one attached hydrogen (secondary N) is 3. The lowest BCUT2D eigenvalue weighted by Gasteiger charge is -2.50. The van der Waals surface area contributed by atoms with Crippen LogP contribution in [-0.4, -0.2) is 127 Å². The third-order valence-corrected chi connectivity index (χ3v) is 7.72. The SMILES string of the molecule is CCNCC1=CC[C@@H](N)[C@@H](C2[C@@H](N)C[C@@H](NCC(O)CN)[C@H](O[C@H]3OC[C@](C)(O)[C@H](NC)[C@H]3O)[C@H]2O)O1. The van der Waals surface area contributed by atoms with Crippen LogP contribution in [0.2, 0.25) is 0 Å². The van der Waals surface area contributed by atoms with Gasteiger partial charge in [0.1, 0.15) is 29.7 Å². The lowest BCUT2D eigenvalue weighted by atomic mass is 9.72. The van der Waals surface area contributed by atoms with E-state index in [0.717, 1.165) is 12.3 Å². The van der Waals surface area contributed by atoms with Crippen molar-refractivity contribution in [2.75, 3.05) is 39.8 Å². The second-order valence-electron chi connectivity index (χ2n) is 10.7. The van der Waals surface area contributed by atoms with E-state index in [1.807, 2.05) is 13.0 Å². The summed E-state index contributed by atoms with van der Waals surface area (Å²) in [5.41, 5.74) is 17.3. The van der Waals surface area contributed by atoms with E-state index in [-0.39, 0.29) is 25.7 Å². The number of likely N-dealkylation sites (N-methyl/N-ethyl adjacent to an activating group) is 2. The van der Waals surface area contributed by atoms with Gasteiger partial charge in [-0.2, -0.15) is 0 Å². The second-order valence-corrected chi connectivity index (χ2v) is 10.7. The summed E-state index contributed by atoms with van der Waals surface area (Å²) in [5.74, 6) is 0.189. The minimum Gasteiger partial charge on any atom is -0.492 e. The summed E-state index contributed by atoms with van der Waals surface area (Å²) in [6, 6.07) is -2.06. The normalized spacial score (nSPS) is 43.7. The van der Waals surface area contributed by atoms with Gasteiger partial charge in [0.15, 0.2) is 6.29 Å². The highest BCUT2D eigenvalue weighted by Crippen LogP contribution is 2.36. The molecule has 216 valence electrons. The molecule has 3 aliphatic rings. The highest BCUT2D eigenvalue weighted by atomic mass is 16.7. The Hall–Kier alpha value is -0.940. The van der Waals surface area contributed by atoms with E-state index < -0.39 is 66.5 Å². The molecule has 0 amide bonds. The van der Waals surface area contributed by atoms with E-state index in [0.29, 0.717) is 19.4 Å². The first kappa shape index (κ1) is 30.6. The zero-order valence-electron chi connectivity index (χ0n) is 22.1. The van der Waals surface area contributed by atoms with Crippen molar-refractivity contribution >= 4 is 0 Å². The molecular weight excluding hydrogens is 484 g/mol. The minimum atomic E-state index is -1.31. The number of aliphatic hydroxyl groups is 4. The molecule has 1 saturated heterocycles. The predicted octanol–water partition coefficient (Wildman–Crippen LogP) is -3.98. The van der Waals surface area contributed by atoms with Crippen LogP contribution in [0, 0.1) is 5.92 Å². The minimum absolute atomic E-state index is 0.0670. The zero-order valence-corrected chi connectivity index (χ0v) is 22.1. The van der Waals surface area contributed by atoms with E-state index in [1.54, 1.807) is 14.0 Å². The van der Waals surface area contributed by atoms with Crippen LogP contribution in [0.1, 0.15) is 26.7 Å². The Morgan fingerprint density at radius 2 is 1.97 bits per heavy atom. The Morgan fingerprint density at radius 3 is 2.62 bits per heavy atom. The highest BCUT2D eigenvalue weighted by molar-refractivity contribution is 5.10. The summed E-state index contributed by atoms with van der Waals surface area (Å²) in [7, 11) is 1.63. The summed E-state index contributed by atoms with van der Waals surface area (Å²) in [5, 5.41) is 52.6. The summed E-state index contributed by atoms with van der Waals surface area (Å²) in [4.78, 5) is 0. The number of hydrogen-bond donors (Lipinski definition) is 10. The van der Waals surface area contributed by atoms with Gasteiger partial charge in [0.2, 0.25) is 0 Å². The third-order valence-electron chi connectivity index (χ3n) is 7.72. The van der Waals surface area contributed by atoms with Crippen LogP contribution >= 0.6 is 0 Å². The molecule has 0 aromatic heterocycles. The Bertz CT molecular complexity index is 746. The van der Waals surface area contributed by atoms with Gasteiger partial charge in [-0.25, -0.2) is 0 Å². The van der Waals surface area contributed by atoms with Crippen LogP contribution in [0.3, 0.4) is 0 Å². The monoisotopic (exact) mass is 532 g/mol. The lowest BCUT2D eigenvalue weighted by molar-refractivity contribution is -0.298. The number of ether oxygens (including phenoxy) is 3. The van der Waals surface area contributed by atoms with Crippen molar-refractivity contribution in [3.05, 3.63) is 11.8 Å². The molecule has 13 nitrogen and oxygen atoms in total. The van der Waals surface area contributed by atoms with Gasteiger partial charge in [-0.05, 0) is 39.4 Å². The van der Waals surface area contributed by atoms with Gasteiger partial charge in [-0.1, -0.05) is 6.92 Å². The Kier molecular flexibility index (Phi) is 11.1. The first-order chi connectivity index (χ1) is 17.5. The first-order valence-electron chi connectivity index (χ1n) is 13.3. The molecule has 0 aromatic rings. The third kappa shape index (κ3) is 7.18. The van der Waals surface area contributed by atoms with Crippen molar-refractivity contribution in [3.8, 4) is 0 Å². The molecule has 2 unspecified atom stereocenters. The molecule has 1 saturated carbocycles. The van der Waals surface area contributed by atoms with Gasteiger partial charge in [0.25, 0.3) is 0 Å². The van der Waals surface area contributed by atoms with Gasteiger partial charge in [0.05, 0.1) is 31.4 Å². The summed E-state index contributed by atoms with van der Waals surface area (Å²) >= 11 is 0. The second kappa shape index (κ2) is 13.4. The van der Waals surface area contributed by atoms with Crippen molar-refractivity contribution in [3.63, 3.8) is 0 Å². The van der Waals surface area contributed by atoms with Gasteiger partial charge < -0.3 is 67.8 Å². The fourth-order valence-electron chi connectivity index (χ4n) is 5.64. The Morgan fingerprint density at radius 1 is 1.24 bits per heavy atom. The molecule has 13 heteroatoms. The fourth-order valence-corrected chi connectivity index (χ4v) is 5.64. The molecule has 2 aliphatic heterocycles. The maximum absolute atomic E-state index is 11.7. The van der Waals surface area contributed by atoms with Gasteiger partial charge in [-0.15, -0.1) is 0 Å². The quantitative estimate of drug-likeness (QED) is 0.123. The molecular formula is C24H48N6O7. The van der Waals surface area contributed by atoms with Crippen LogP contribution < -0.4 is 33.2 Å². The average Bonchev–Trinajstić information content (AvgIpc) is 2.85. The average molecular weight is 533 g/mol. The maximum Gasteiger partial charge on any atom is 0.185 e. The molecule has 2 fully saturated rings. The Balaban J connectivity index is 1.82. The topological polar surface area (TPSA) is 223 Å².